The van der Waals surface area contributed by atoms with Crippen LogP contribution >= 0.6 is 24.0 Å². The van der Waals surface area contributed by atoms with Gasteiger partial charge in [-0.05, 0) is 32.6 Å². The number of nitrogens with one attached hydrogen (secondary N) is 1. The zero-order valence-corrected chi connectivity index (χ0v) is 16.6. The van der Waals surface area contributed by atoms with Gasteiger partial charge >= 0.3 is 0 Å². The second-order valence-corrected chi connectivity index (χ2v) is 6.55. The number of hydrogen-bond donors (Lipinski definition) is 1. The molecule has 0 aromatic heterocycles. The van der Waals surface area contributed by atoms with Crippen LogP contribution in [0.1, 0.15) is 45.4 Å². The number of rotatable bonds is 4. The summed E-state index contributed by atoms with van der Waals surface area (Å²) in [7, 11) is 3.72. The molecule has 1 saturated heterocycles. The Hall–Kier alpha value is -0.530. The number of carbonyl (C=O) groups is 1. The first kappa shape index (κ1) is 19.5. The monoisotopic (exact) mass is 422 g/mol. The Morgan fingerprint density at radius 1 is 1.18 bits per heavy atom. The van der Waals surface area contributed by atoms with E-state index in [1.807, 2.05) is 14.1 Å². The van der Waals surface area contributed by atoms with Gasteiger partial charge in [-0.25, -0.2) is 0 Å². The molecule has 6 heteroatoms. The van der Waals surface area contributed by atoms with Crippen LogP contribution in [-0.2, 0) is 4.79 Å². The summed E-state index contributed by atoms with van der Waals surface area (Å²) < 4.78 is 0. The van der Waals surface area contributed by atoms with Crippen molar-refractivity contribution >= 4 is 35.8 Å². The number of carbonyl (C=O) groups excluding carboxylic acids is 1. The highest BCUT2D eigenvalue weighted by molar-refractivity contribution is 14.0. The van der Waals surface area contributed by atoms with E-state index in [9.17, 15) is 4.79 Å². The lowest BCUT2D eigenvalue weighted by Crippen LogP contribution is -2.43. The van der Waals surface area contributed by atoms with Gasteiger partial charge < -0.3 is 15.1 Å². The SMILES string of the molecule is CCNC(=NCC1(C(=O)N(C)C)CCCC1)N1CCCC1.I. The maximum absolute atomic E-state index is 12.6. The van der Waals surface area contributed by atoms with Crippen LogP contribution < -0.4 is 5.32 Å². The molecule has 22 heavy (non-hydrogen) atoms. The van der Waals surface area contributed by atoms with Crippen molar-refractivity contribution in [2.45, 2.75) is 45.4 Å². The van der Waals surface area contributed by atoms with Crippen molar-refractivity contribution in [2.24, 2.45) is 10.4 Å². The van der Waals surface area contributed by atoms with Crippen molar-refractivity contribution in [3.05, 3.63) is 0 Å². The minimum absolute atomic E-state index is 0. The summed E-state index contributed by atoms with van der Waals surface area (Å²) >= 11 is 0. The second-order valence-electron chi connectivity index (χ2n) is 6.55. The molecule has 1 saturated carbocycles. The van der Waals surface area contributed by atoms with Crippen LogP contribution in [-0.4, -0.2) is 61.9 Å². The van der Waals surface area contributed by atoms with Gasteiger partial charge in [-0.1, -0.05) is 12.8 Å². The zero-order chi connectivity index (χ0) is 15.3. The fourth-order valence-corrected chi connectivity index (χ4v) is 3.55. The molecular formula is C16H31IN4O. The van der Waals surface area contributed by atoms with Crippen LogP contribution in [0.5, 0.6) is 0 Å². The quantitative estimate of drug-likeness (QED) is 0.430. The van der Waals surface area contributed by atoms with Crippen molar-refractivity contribution in [1.29, 1.82) is 0 Å². The smallest absolute Gasteiger partial charge is 0.230 e. The average Bonchev–Trinajstić information content (AvgIpc) is 3.14. The molecule has 1 aliphatic carbocycles. The lowest BCUT2D eigenvalue weighted by Gasteiger charge is -2.30. The molecule has 2 aliphatic rings. The van der Waals surface area contributed by atoms with E-state index in [4.69, 9.17) is 4.99 Å². The van der Waals surface area contributed by atoms with Gasteiger partial charge in [0.1, 0.15) is 0 Å². The van der Waals surface area contributed by atoms with Crippen LogP contribution in [0, 0.1) is 5.41 Å². The van der Waals surface area contributed by atoms with Crippen LogP contribution in [0.4, 0.5) is 0 Å². The maximum atomic E-state index is 12.6. The highest BCUT2D eigenvalue weighted by Gasteiger charge is 2.42. The molecule has 1 heterocycles. The molecule has 0 unspecified atom stereocenters. The summed E-state index contributed by atoms with van der Waals surface area (Å²) in [4.78, 5) is 21.5. The highest BCUT2D eigenvalue weighted by Crippen LogP contribution is 2.39. The van der Waals surface area contributed by atoms with Gasteiger partial charge in [-0.15, -0.1) is 24.0 Å². The summed E-state index contributed by atoms with van der Waals surface area (Å²) in [5.41, 5.74) is -0.260. The number of aliphatic imine (C=N–C) groups is 1. The minimum atomic E-state index is -0.260. The largest absolute Gasteiger partial charge is 0.357 e. The van der Waals surface area contributed by atoms with E-state index in [2.05, 4.69) is 17.1 Å². The molecule has 0 aromatic carbocycles. The molecular weight excluding hydrogens is 391 g/mol. The summed E-state index contributed by atoms with van der Waals surface area (Å²) in [5, 5.41) is 3.38. The summed E-state index contributed by atoms with van der Waals surface area (Å²) in [6, 6.07) is 0. The van der Waals surface area contributed by atoms with E-state index in [-0.39, 0.29) is 35.3 Å². The molecule has 128 valence electrons. The van der Waals surface area contributed by atoms with E-state index in [1.165, 1.54) is 12.8 Å². The fraction of sp³-hybridized carbons (Fsp3) is 0.875. The van der Waals surface area contributed by atoms with Gasteiger partial charge in [-0.3, -0.25) is 9.79 Å². The van der Waals surface area contributed by atoms with Gasteiger partial charge in [0.25, 0.3) is 0 Å². The third kappa shape index (κ3) is 4.49. The van der Waals surface area contributed by atoms with Gasteiger partial charge in [0.2, 0.25) is 5.91 Å². The van der Waals surface area contributed by atoms with Crippen molar-refractivity contribution in [3.8, 4) is 0 Å². The number of hydrogen-bond acceptors (Lipinski definition) is 2. The molecule has 0 radical (unpaired) electrons. The molecule has 1 amide bonds. The van der Waals surface area contributed by atoms with E-state index in [0.29, 0.717) is 6.54 Å². The Morgan fingerprint density at radius 3 is 2.27 bits per heavy atom. The summed E-state index contributed by atoms with van der Waals surface area (Å²) in [5.74, 6) is 1.24. The van der Waals surface area contributed by atoms with Crippen LogP contribution in [0.2, 0.25) is 0 Å². The number of halogens is 1. The molecule has 2 fully saturated rings. The van der Waals surface area contributed by atoms with E-state index < -0.39 is 0 Å². The minimum Gasteiger partial charge on any atom is -0.357 e. The predicted octanol–water partition coefficient (Wildman–Crippen LogP) is 2.31. The maximum Gasteiger partial charge on any atom is 0.230 e. The Kier molecular flexibility index (Phi) is 7.93. The zero-order valence-electron chi connectivity index (χ0n) is 14.2. The van der Waals surface area contributed by atoms with E-state index >= 15 is 0 Å². The Labute approximate surface area is 151 Å². The highest BCUT2D eigenvalue weighted by atomic mass is 127. The fourth-order valence-electron chi connectivity index (χ4n) is 3.55. The van der Waals surface area contributed by atoms with E-state index in [1.54, 1.807) is 4.90 Å². The van der Waals surface area contributed by atoms with Crippen molar-refractivity contribution in [1.82, 2.24) is 15.1 Å². The van der Waals surface area contributed by atoms with Crippen molar-refractivity contribution in [2.75, 3.05) is 40.3 Å². The molecule has 1 N–H and O–H groups in total. The lowest BCUT2D eigenvalue weighted by atomic mass is 9.85. The summed E-state index contributed by atoms with van der Waals surface area (Å²) in [6.45, 7) is 5.77. The molecule has 1 aliphatic heterocycles. The normalized spacial score (nSPS) is 20.7. The molecule has 0 spiro atoms. The van der Waals surface area contributed by atoms with Crippen LogP contribution in [0.15, 0.2) is 4.99 Å². The first-order chi connectivity index (χ1) is 10.1. The third-order valence-corrected chi connectivity index (χ3v) is 4.69. The first-order valence-corrected chi connectivity index (χ1v) is 8.34. The number of nitrogens with zero attached hydrogens (tertiary/aromatic N) is 3. The van der Waals surface area contributed by atoms with Gasteiger partial charge in [0.05, 0.1) is 12.0 Å². The van der Waals surface area contributed by atoms with Crippen LogP contribution in [0.3, 0.4) is 0 Å². The van der Waals surface area contributed by atoms with Crippen molar-refractivity contribution in [3.63, 3.8) is 0 Å². The Bertz CT molecular complexity index is 386. The number of likely N-dealkylation sites (tertiary alicyclic amines) is 1. The van der Waals surface area contributed by atoms with Gasteiger partial charge in [-0.2, -0.15) is 0 Å². The third-order valence-electron chi connectivity index (χ3n) is 4.69. The molecule has 2 rings (SSSR count). The average molecular weight is 422 g/mol. The lowest BCUT2D eigenvalue weighted by molar-refractivity contribution is -0.138. The van der Waals surface area contributed by atoms with Crippen LogP contribution in [0.25, 0.3) is 0 Å². The standard InChI is InChI=1S/C16H30N4O.HI/c1-4-17-15(20-11-7-8-12-20)18-13-16(9-5-6-10-16)14(21)19(2)3;/h4-13H2,1-3H3,(H,17,18);1H. The predicted molar refractivity (Wildman–Crippen MR) is 102 cm³/mol. The number of guanidine groups is 1. The van der Waals surface area contributed by atoms with Crippen molar-refractivity contribution < 1.29 is 4.79 Å². The van der Waals surface area contributed by atoms with Gasteiger partial charge in [0.15, 0.2) is 5.96 Å². The molecule has 0 bridgehead atoms. The molecule has 5 nitrogen and oxygen atoms in total. The number of amides is 1. The molecule has 0 atom stereocenters. The first-order valence-electron chi connectivity index (χ1n) is 8.34. The Balaban J connectivity index is 0.00000242. The summed E-state index contributed by atoms with van der Waals surface area (Å²) in [6.07, 6.45) is 6.74. The second kappa shape index (κ2) is 8.93. The van der Waals surface area contributed by atoms with E-state index in [0.717, 1.165) is 51.3 Å². The molecule has 0 aromatic rings. The van der Waals surface area contributed by atoms with Gasteiger partial charge in [0, 0.05) is 33.7 Å². The Morgan fingerprint density at radius 2 is 1.77 bits per heavy atom. The topological polar surface area (TPSA) is 47.9 Å².